The number of benzene rings is 1. The monoisotopic (exact) mass is 268 g/mol. The zero-order valence-electron chi connectivity index (χ0n) is 10.9. The summed E-state index contributed by atoms with van der Waals surface area (Å²) in [6, 6.07) is 2.29. The van der Waals surface area contributed by atoms with Gasteiger partial charge in [-0.05, 0) is 19.1 Å². The van der Waals surface area contributed by atoms with Crippen LogP contribution in [0.4, 0.5) is 15.8 Å². The normalized spacial score (nSPS) is 10.1. The van der Waals surface area contributed by atoms with Crippen LogP contribution in [0, 0.1) is 5.82 Å². The number of rotatable bonds is 5. The Hall–Kier alpha value is -2.31. The van der Waals surface area contributed by atoms with Crippen LogP contribution in [0.5, 0.6) is 0 Å². The zero-order chi connectivity index (χ0) is 14.6. The summed E-state index contributed by atoms with van der Waals surface area (Å²) in [5, 5.41) is 2.45. The van der Waals surface area contributed by atoms with E-state index in [0.717, 1.165) is 6.07 Å². The second kappa shape index (κ2) is 6.03. The van der Waals surface area contributed by atoms with E-state index in [0.29, 0.717) is 6.54 Å². The van der Waals surface area contributed by atoms with Crippen LogP contribution in [0.25, 0.3) is 0 Å². The summed E-state index contributed by atoms with van der Waals surface area (Å²) >= 11 is 0. The van der Waals surface area contributed by atoms with Gasteiger partial charge in [0, 0.05) is 19.3 Å². The van der Waals surface area contributed by atoms with Gasteiger partial charge >= 0.3 is 0 Å². The number of amides is 2. The molecule has 0 fully saturated rings. The number of nitrogens with one attached hydrogen (secondary N) is 1. The molecule has 0 aliphatic rings. The predicted molar refractivity (Wildman–Crippen MR) is 71.3 cm³/mol. The Morgan fingerprint density at radius 3 is 2.53 bits per heavy atom. The third-order valence-corrected chi connectivity index (χ3v) is 2.72. The predicted octanol–water partition coefficient (Wildman–Crippen LogP) is 0.0791. The molecule has 1 rings (SSSR count). The van der Waals surface area contributed by atoms with Gasteiger partial charge in [-0.25, -0.2) is 4.39 Å². The van der Waals surface area contributed by atoms with E-state index in [1.807, 2.05) is 0 Å². The van der Waals surface area contributed by atoms with Gasteiger partial charge in [-0.1, -0.05) is 0 Å². The van der Waals surface area contributed by atoms with Crippen LogP contribution in [-0.4, -0.2) is 32.0 Å². The van der Waals surface area contributed by atoms with E-state index in [1.165, 1.54) is 18.0 Å². The third-order valence-electron chi connectivity index (χ3n) is 2.72. The summed E-state index contributed by atoms with van der Waals surface area (Å²) in [5.74, 6) is -1.61. The molecule has 0 aliphatic heterocycles. The Morgan fingerprint density at radius 1 is 1.42 bits per heavy atom. The zero-order valence-corrected chi connectivity index (χ0v) is 10.9. The van der Waals surface area contributed by atoms with Crippen molar-refractivity contribution in [3.63, 3.8) is 0 Å². The summed E-state index contributed by atoms with van der Waals surface area (Å²) in [5.41, 5.74) is 10.8. The van der Waals surface area contributed by atoms with Crippen molar-refractivity contribution in [2.24, 2.45) is 5.73 Å². The Morgan fingerprint density at radius 2 is 2.05 bits per heavy atom. The molecule has 0 radical (unpaired) electrons. The second-order valence-electron chi connectivity index (χ2n) is 3.94. The summed E-state index contributed by atoms with van der Waals surface area (Å²) in [4.78, 5) is 24.0. The van der Waals surface area contributed by atoms with Crippen molar-refractivity contribution in [3.8, 4) is 0 Å². The van der Waals surface area contributed by atoms with E-state index < -0.39 is 11.7 Å². The Balaban J connectivity index is 3.19. The molecule has 19 heavy (non-hydrogen) atoms. The molecule has 0 heterocycles. The number of halogens is 1. The highest BCUT2D eigenvalue weighted by Gasteiger charge is 2.17. The lowest BCUT2D eigenvalue weighted by Gasteiger charge is -2.23. The standard InChI is InChI=1S/C12H17FN4O2/c1-3-17(6-11(18)16-2)10-4-7(12(15)19)9(14)5-8(10)13/h4-5H,3,6,14H2,1-2H3,(H2,15,19)(H,16,18). The molecule has 6 nitrogen and oxygen atoms in total. The Kier molecular flexibility index (Phi) is 4.68. The minimum Gasteiger partial charge on any atom is -0.398 e. The highest BCUT2D eigenvalue weighted by Crippen LogP contribution is 2.25. The van der Waals surface area contributed by atoms with Gasteiger partial charge in [0.05, 0.1) is 17.8 Å². The number of anilines is 2. The van der Waals surface area contributed by atoms with E-state index in [1.54, 1.807) is 6.92 Å². The minimum atomic E-state index is -0.741. The third kappa shape index (κ3) is 3.34. The van der Waals surface area contributed by atoms with E-state index in [4.69, 9.17) is 11.5 Å². The molecular weight excluding hydrogens is 251 g/mol. The highest BCUT2D eigenvalue weighted by molar-refractivity contribution is 5.99. The van der Waals surface area contributed by atoms with E-state index >= 15 is 0 Å². The fraction of sp³-hybridized carbons (Fsp3) is 0.333. The fourth-order valence-electron chi connectivity index (χ4n) is 1.65. The van der Waals surface area contributed by atoms with Gasteiger partial charge in [-0.15, -0.1) is 0 Å². The molecule has 0 bridgehead atoms. The number of likely N-dealkylation sites (N-methyl/N-ethyl adjacent to an activating group) is 2. The molecule has 1 aromatic carbocycles. The number of nitrogen functional groups attached to an aromatic ring is 1. The van der Waals surface area contributed by atoms with E-state index in [9.17, 15) is 14.0 Å². The van der Waals surface area contributed by atoms with Gasteiger partial charge in [-0.3, -0.25) is 9.59 Å². The maximum atomic E-state index is 13.9. The smallest absolute Gasteiger partial charge is 0.250 e. The molecule has 5 N–H and O–H groups in total. The first kappa shape index (κ1) is 14.7. The quantitative estimate of drug-likeness (QED) is 0.658. The first-order chi connectivity index (χ1) is 8.90. The number of hydrogen-bond acceptors (Lipinski definition) is 4. The van der Waals surface area contributed by atoms with Crippen molar-refractivity contribution in [1.82, 2.24) is 5.32 Å². The molecule has 0 unspecified atom stereocenters. The van der Waals surface area contributed by atoms with Crippen LogP contribution in [-0.2, 0) is 4.79 Å². The van der Waals surface area contributed by atoms with Crippen molar-refractivity contribution in [2.45, 2.75) is 6.92 Å². The molecule has 0 spiro atoms. The van der Waals surface area contributed by atoms with Gasteiger partial charge in [0.1, 0.15) is 5.82 Å². The first-order valence-electron chi connectivity index (χ1n) is 5.75. The summed E-state index contributed by atoms with van der Waals surface area (Å²) in [6.07, 6.45) is 0. The van der Waals surface area contributed by atoms with E-state index in [2.05, 4.69) is 5.32 Å². The largest absolute Gasteiger partial charge is 0.398 e. The Labute approximate surface area is 110 Å². The van der Waals surface area contributed by atoms with Gasteiger partial charge < -0.3 is 21.7 Å². The number of carbonyl (C=O) groups is 2. The average molecular weight is 268 g/mol. The lowest BCUT2D eigenvalue weighted by atomic mass is 10.1. The van der Waals surface area contributed by atoms with E-state index in [-0.39, 0.29) is 29.4 Å². The first-order valence-corrected chi connectivity index (χ1v) is 5.75. The summed E-state index contributed by atoms with van der Waals surface area (Å²) in [6.45, 7) is 2.14. The summed E-state index contributed by atoms with van der Waals surface area (Å²) < 4.78 is 13.9. The number of nitrogens with zero attached hydrogens (tertiary/aromatic N) is 1. The maximum absolute atomic E-state index is 13.9. The molecule has 0 saturated carbocycles. The average Bonchev–Trinajstić information content (AvgIpc) is 2.35. The van der Waals surface area contributed by atoms with Gasteiger partial charge in [0.2, 0.25) is 5.91 Å². The molecular formula is C12H17FN4O2. The molecule has 2 amide bonds. The molecule has 0 atom stereocenters. The molecule has 104 valence electrons. The second-order valence-corrected chi connectivity index (χ2v) is 3.94. The van der Waals surface area contributed by atoms with Gasteiger partial charge in [-0.2, -0.15) is 0 Å². The van der Waals surface area contributed by atoms with Gasteiger partial charge in [0.15, 0.2) is 0 Å². The fourth-order valence-corrected chi connectivity index (χ4v) is 1.65. The SMILES string of the molecule is CCN(CC(=O)NC)c1cc(C(N)=O)c(N)cc1F. The van der Waals surface area contributed by atoms with Crippen molar-refractivity contribution in [2.75, 3.05) is 30.8 Å². The Bertz CT molecular complexity index is 505. The molecule has 7 heteroatoms. The lowest BCUT2D eigenvalue weighted by molar-refractivity contribution is -0.119. The maximum Gasteiger partial charge on any atom is 0.250 e. The number of hydrogen-bond donors (Lipinski definition) is 3. The highest BCUT2D eigenvalue weighted by atomic mass is 19.1. The van der Waals surface area contributed by atoms with Crippen molar-refractivity contribution < 1.29 is 14.0 Å². The van der Waals surface area contributed by atoms with Crippen molar-refractivity contribution in [1.29, 1.82) is 0 Å². The summed E-state index contributed by atoms with van der Waals surface area (Å²) in [7, 11) is 1.49. The van der Waals surface area contributed by atoms with Crippen molar-refractivity contribution >= 4 is 23.2 Å². The molecule has 1 aromatic rings. The van der Waals surface area contributed by atoms with Crippen LogP contribution >= 0.6 is 0 Å². The number of nitrogens with two attached hydrogens (primary N) is 2. The van der Waals surface area contributed by atoms with Crippen LogP contribution in [0.2, 0.25) is 0 Å². The minimum absolute atomic E-state index is 0.0218. The van der Waals surface area contributed by atoms with Crippen LogP contribution < -0.4 is 21.7 Å². The topological polar surface area (TPSA) is 101 Å². The van der Waals surface area contributed by atoms with Gasteiger partial charge in [0.25, 0.3) is 5.91 Å². The van der Waals surface area contributed by atoms with Crippen LogP contribution in [0.3, 0.4) is 0 Å². The molecule has 0 saturated heterocycles. The lowest BCUT2D eigenvalue weighted by Crippen LogP contribution is -2.36. The van der Waals surface area contributed by atoms with Crippen LogP contribution in [0.15, 0.2) is 12.1 Å². The number of primary amides is 1. The van der Waals surface area contributed by atoms with Crippen LogP contribution in [0.1, 0.15) is 17.3 Å². The number of carbonyl (C=O) groups excluding carboxylic acids is 2. The van der Waals surface area contributed by atoms with Crippen molar-refractivity contribution in [3.05, 3.63) is 23.5 Å². The molecule has 0 aromatic heterocycles. The molecule has 0 aliphatic carbocycles.